The minimum absolute atomic E-state index is 0.239. The smallest absolute Gasteiger partial charge is 0.177 e. The van der Waals surface area contributed by atoms with Gasteiger partial charge in [-0.05, 0) is 36.9 Å². The first-order chi connectivity index (χ1) is 12.1. The van der Waals surface area contributed by atoms with Gasteiger partial charge in [0.2, 0.25) is 0 Å². The maximum absolute atomic E-state index is 5.90. The predicted molar refractivity (Wildman–Crippen MR) is 100 cm³/mol. The molecule has 1 saturated heterocycles. The third-order valence-corrected chi connectivity index (χ3v) is 5.21. The highest BCUT2D eigenvalue weighted by atomic mass is 15.2. The number of nitrogens with two attached hydrogens (primary N) is 2. The summed E-state index contributed by atoms with van der Waals surface area (Å²) in [6.07, 6.45) is 3.97. The number of rotatable bonds is 3. The molecule has 3 heterocycles. The van der Waals surface area contributed by atoms with E-state index in [0.29, 0.717) is 11.3 Å². The molecule has 7 nitrogen and oxygen atoms in total. The van der Waals surface area contributed by atoms with Crippen molar-refractivity contribution >= 4 is 22.7 Å². The zero-order chi connectivity index (χ0) is 17.4. The molecule has 3 aromatic rings. The van der Waals surface area contributed by atoms with Gasteiger partial charge < -0.3 is 16.4 Å². The SMILES string of the molecule is CC1(CN)CCN(c2cnc3c(-c4cccc(N)c4)n[nH]c3n2)CC1. The molecule has 1 aliphatic rings. The van der Waals surface area contributed by atoms with Gasteiger partial charge in [-0.25, -0.2) is 9.97 Å². The van der Waals surface area contributed by atoms with Crippen LogP contribution in [0.2, 0.25) is 0 Å². The fourth-order valence-electron chi connectivity index (χ4n) is 3.31. The lowest BCUT2D eigenvalue weighted by atomic mass is 9.80. The summed E-state index contributed by atoms with van der Waals surface area (Å²) >= 11 is 0. The molecule has 0 bridgehead atoms. The number of hydrogen-bond donors (Lipinski definition) is 3. The van der Waals surface area contributed by atoms with Crippen molar-refractivity contribution in [1.82, 2.24) is 20.2 Å². The average molecular weight is 337 g/mol. The van der Waals surface area contributed by atoms with Gasteiger partial charge in [-0.3, -0.25) is 5.10 Å². The molecule has 0 amide bonds. The number of benzene rings is 1. The standard InChI is InChI=1S/C18H23N7/c1-18(11-19)5-7-25(8-6-18)14-10-21-16-15(23-24-17(16)22-14)12-3-2-4-13(20)9-12/h2-4,9-10H,5-8,11,19-20H2,1H3,(H,22,23,24). The largest absolute Gasteiger partial charge is 0.399 e. The predicted octanol–water partition coefficient (Wildman–Crippen LogP) is 2.17. The van der Waals surface area contributed by atoms with Crippen LogP contribution in [0.15, 0.2) is 30.5 Å². The lowest BCUT2D eigenvalue weighted by Crippen LogP contribution is -2.42. The second kappa shape index (κ2) is 6.00. The lowest BCUT2D eigenvalue weighted by molar-refractivity contribution is 0.258. The van der Waals surface area contributed by atoms with Crippen molar-refractivity contribution in [1.29, 1.82) is 0 Å². The Balaban J connectivity index is 1.62. The molecular formula is C18H23N7. The first kappa shape index (κ1) is 15.8. The third-order valence-electron chi connectivity index (χ3n) is 5.21. The van der Waals surface area contributed by atoms with E-state index in [2.05, 4.69) is 27.0 Å². The van der Waals surface area contributed by atoms with Crippen LogP contribution in [0.3, 0.4) is 0 Å². The second-order valence-corrected chi connectivity index (χ2v) is 7.12. The third kappa shape index (κ3) is 2.91. The van der Waals surface area contributed by atoms with Gasteiger partial charge in [0.1, 0.15) is 17.0 Å². The monoisotopic (exact) mass is 337 g/mol. The van der Waals surface area contributed by atoms with Crippen molar-refractivity contribution in [2.24, 2.45) is 11.1 Å². The molecule has 0 spiro atoms. The van der Waals surface area contributed by atoms with Crippen LogP contribution in [0, 0.1) is 5.41 Å². The summed E-state index contributed by atoms with van der Waals surface area (Å²) in [5.41, 5.74) is 15.9. The molecule has 4 rings (SSSR count). The first-order valence-electron chi connectivity index (χ1n) is 8.60. The van der Waals surface area contributed by atoms with Crippen LogP contribution in [-0.2, 0) is 0 Å². The Labute approximate surface area is 146 Å². The van der Waals surface area contributed by atoms with E-state index in [1.807, 2.05) is 30.5 Å². The molecule has 0 saturated carbocycles. The summed E-state index contributed by atoms with van der Waals surface area (Å²) in [4.78, 5) is 11.6. The van der Waals surface area contributed by atoms with Gasteiger partial charge in [0.25, 0.3) is 0 Å². The van der Waals surface area contributed by atoms with E-state index in [9.17, 15) is 0 Å². The molecule has 5 N–H and O–H groups in total. The Morgan fingerprint density at radius 1 is 1.28 bits per heavy atom. The van der Waals surface area contributed by atoms with Crippen LogP contribution in [0.4, 0.5) is 11.5 Å². The number of fused-ring (bicyclic) bond motifs is 1. The maximum Gasteiger partial charge on any atom is 0.177 e. The van der Waals surface area contributed by atoms with Crippen molar-refractivity contribution < 1.29 is 0 Å². The van der Waals surface area contributed by atoms with Crippen molar-refractivity contribution in [2.45, 2.75) is 19.8 Å². The fraction of sp³-hybridized carbons (Fsp3) is 0.389. The Morgan fingerprint density at radius 3 is 2.80 bits per heavy atom. The Hall–Kier alpha value is -2.67. The lowest BCUT2D eigenvalue weighted by Gasteiger charge is -2.39. The molecule has 0 unspecified atom stereocenters. The number of nitrogens with zero attached hydrogens (tertiary/aromatic N) is 4. The van der Waals surface area contributed by atoms with E-state index >= 15 is 0 Å². The summed E-state index contributed by atoms with van der Waals surface area (Å²) in [7, 11) is 0. The molecule has 2 aromatic heterocycles. The zero-order valence-corrected chi connectivity index (χ0v) is 14.4. The van der Waals surface area contributed by atoms with Gasteiger partial charge in [0, 0.05) is 24.3 Å². The second-order valence-electron chi connectivity index (χ2n) is 7.12. The van der Waals surface area contributed by atoms with Crippen LogP contribution in [0.1, 0.15) is 19.8 Å². The van der Waals surface area contributed by atoms with Crippen molar-refractivity contribution in [3.63, 3.8) is 0 Å². The minimum atomic E-state index is 0.239. The minimum Gasteiger partial charge on any atom is -0.399 e. The number of hydrogen-bond acceptors (Lipinski definition) is 6. The van der Waals surface area contributed by atoms with Gasteiger partial charge in [-0.1, -0.05) is 19.1 Å². The molecule has 130 valence electrons. The quantitative estimate of drug-likeness (QED) is 0.632. The summed E-state index contributed by atoms with van der Waals surface area (Å²) in [5.74, 6) is 0.884. The average Bonchev–Trinajstić information content (AvgIpc) is 3.05. The van der Waals surface area contributed by atoms with Crippen LogP contribution < -0.4 is 16.4 Å². The summed E-state index contributed by atoms with van der Waals surface area (Å²) in [6.45, 7) is 4.88. The Kier molecular flexibility index (Phi) is 3.80. The molecule has 1 aliphatic heterocycles. The summed E-state index contributed by atoms with van der Waals surface area (Å²) < 4.78 is 0. The van der Waals surface area contributed by atoms with Gasteiger partial charge in [-0.15, -0.1) is 0 Å². The van der Waals surface area contributed by atoms with Gasteiger partial charge >= 0.3 is 0 Å². The van der Waals surface area contributed by atoms with Gasteiger partial charge in [0.15, 0.2) is 5.65 Å². The molecule has 0 radical (unpaired) electrons. The van der Waals surface area contributed by atoms with E-state index in [4.69, 9.17) is 16.5 Å². The number of H-pyrrole nitrogens is 1. The number of piperidine rings is 1. The highest BCUT2D eigenvalue weighted by Gasteiger charge is 2.29. The first-order valence-corrected chi connectivity index (χ1v) is 8.60. The van der Waals surface area contributed by atoms with Gasteiger partial charge in [0.05, 0.1) is 6.20 Å². The molecule has 1 fully saturated rings. The highest BCUT2D eigenvalue weighted by Crippen LogP contribution is 2.32. The molecule has 1 aromatic carbocycles. The number of nitrogen functional groups attached to an aromatic ring is 1. The van der Waals surface area contributed by atoms with Crippen LogP contribution in [0.5, 0.6) is 0 Å². The molecule has 7 heteroatoms. The van der Waals surface area contributed by atoms with E-state index in [-0.39, 0.29) is 5.41 Å². The topological polar surface area (TPSA) is 110 Å². The molecular weight excluding hydrogens is 314 g/mol. The maximum atomic E-state index is 5.90. The zero-order valence-electron chi connectivity index (χ0n) is 14.4. The summed E-state index contributed by atoms with van der Waals surface area (Å²) in [6, 6.07) is 7.63. The van der Waals surface area contributed by atoms with E-state index in [0.717, 1.165) is 55.1 Å². The number of aromatic amines is 1. The molecule has 25 heavy (non-hydrogen) atoms. The number of anilines is 2. The number of nitrogens with one attached hydrogen (secondary N) is 1. The summed E-state index contributed by atoms with van der Waals surface area (Å²) in [5, 5.41) is 7.39. The van der Waals surface area contributed by atoms with Crippen molar-refractivity contribution in [3.8, 4) is 11.3 Å². The van der Waals surface area contributed by atoms with Crippen molar-refractivity contribution in [2.75, 3.05) is 30.3 Å². The van der Waals surface area contributed by atoms with Crippen LogP contribution >= 0.6 is 0 Å². The van der Waals surface area contributed by atoms with Crippen molar-refractivity contribution in [3.05, 3.63) is 30.5 Å². The van der Waals surface area contributed by atoms with Gasteiger partial charge in [-0.2, -0.15) is 5.10 Å². The highest BCUT2D eigenvalue weighted by molar-refractivity contribution is 5.88. The van der Waals surface area contributed by atoms with E-state index in [1.54, 1.807) is 0 Å². The fourth-order valence-corrected chi connectivity index (χ4v) is 3.31. The van der Waals surface area contributed by atoms with Crippen LogP contribution in [0.25, 0.3) is 22.4 Å². The Morgan fingerprint density at radius 2 is 2.08 bits per heavy atom. The normalized spacial score (nSPS) is 17.1. The van der Waals surface area contributed by atoms with E-state index in [1.165, 1.54) is 0 Å². The molecule has 0 atom stereocenters. The number of aromatic nitrogens is 4. The van der Waals surface area contributed by atoms with E-state index < -0.39 is 0 Å². The van der Waals surface area contributed by atoms with Crippen LogP contribution in [-0.4, -0.2) is 39.8 Å². The molecule has 0 aliphatic carbocycles. The Bertz CT molecular complexity index is 893.